The highest BCUT2D eigenvalue weighted by Gasteiger charge is 2.29. The third-order valence-electron chi connectivity index (χ3n) is 2.78. The van der Waals surface area contributed by atoms with Gasteiger partial charge in [-0.25, -0.2) is 14.8 Å². The van der Waals surface area contributed by atoms with Gasteiger partial charge in [-0.05, 0) is 36.7 Å². The van der Waals surface area contributed by atoms with E-state index in [0.717, 1.165) is 10.9 Å². The fourth-order valence-corrected chi connectivity index (χ4v) is 2.12. The van der Waals surface area contributed by atoms with Crippen molar-refractivity contribution < 1.29 is 9.53 Å². The first-order valence-corrected chi connectivity index (χ1v) is 7.34. The molecule has 6 nitrogen and oxygen atoms in total. The average molecular weight is 343 g/mol. The summed E-state index contributed by atoms with van der Waals surface area (Å²) in [6.07, 6.45) is 4.02. The molecule has 0 spiro atoms. The molecular formula is C13H19BrN4O2. The quantitative estimate of drug-likeness (QED) is 0.894. The van der Waals surface area contributed by atoms with Crippen LogP contribution in [0.5, 0.6) is 6.01 Å². The van der Waals surface area contributed by atoms with E-state index in [-0.39, 0.29) is 17.7 Å². The lowest BCUT2D eigenvalue weighted by Crippen LogP contribution is -2.48. The van der Waals surface area contributed by atoms with Crippen LogP contribution in [0.25, 0.3) is 0 Å². The van der Waals surface area contributed by atoms with Gasteiger partial charge in [0.15, 0.2) is 0 Å². The van der Waals surface area contributed by atoms with Gasteiger partial charge in [-0.15, -0.1) is 0 Å². The first-order chi connectivity index (χ1) is 9.33. The number of halogens is 1. The molecule has 1 fully saturated rings. The number of amides is 2. The third kappa shape index (κ3) is 4.33. The first-order valence-electron chi connectivity index (χ1n) is 6.55. The minimum atomic E-state index is -0.231. The summed E-state index contributed by atoms with van der Waals surface area (Å²) < 4.78 is 6.48. The fourth-order valence-electron chi connectivity index (χ4n) is 1.92. The maximum atomic E-state index is 12.0. The summed E-state index contributed by atoms with van der Waals surface area (Å²) in [5.74, 6) is 0. The van der Waals surface area contributed by atoms with E-state index in [4.69, 9.17) is 4.74 Å². The molecule has 1 aliphatic rings. The number of nitrogens with zero attached hydrogens (tertiary/aromatic N) is 3. The van der Waals surface area contributed by atoms with Crippen molar-refractivity contribution in [2.45, 2.75) is 38.8 Å². The Balaban J connectivity index is 1.86. The maximum Gasteiger partial charge on any atom is 0.317 e. The van der Waals surface area contributed by atoms with Gasteiger partial charge in [0.1, 0.15) is 6.10 Å². The molecule has 0 bridgehead atoms. The number of rotatable bonds is 2. The number of likely N-dealkylation sites (tertiary alicyclic amines) is 1. The van der Waals surface area contributed by atoms with Crippen LogP contribution in [-0.2, 0) is 0 Å². The van der Waals surface area contributed by atoms with Crippen LogP contribution < -0.4 is 10.1 Å². The summed E-state index contributed by atoms with van der Waals surface area (Å²) in [4.78, 5) is 21.9. The molecule has 1 N–H and O–H groups in total. The van der Waals surface area contributed by atoms with Gasteiger partial charge in [0.05, 0.1) is 11.0 Å². The minimum Gasteiger partial charge on any atom is -0.458 e. The van der Waals surface area contributed by atoms with Gasteiger partial charge in [0, 0.05) is 30.9 Å². The summed E-state index contributed by atoms with van der Waals surface area (Å²) in [6, 6.07) is 0.289. The largest absolute Gasteiger partial charge is 0.458 e. The molecule has 1 saturated heterocycles. The predicted octanol–water partition coefficient (Wildman–Crippen LogP) is 2.20. The van der Waals surface area contributed by atoms with Crippen LogP contribution in [0.15, 0.2) is 16.9 Å². The summed E-state index contributed by atoms with van der Waals surface area (Å²) in [5.41, 5.74) is -0.231. The molecule has 2 heterocycles. The van der Waals surface area contributed by atoms with E-state index >= 15 is 0 Å². The van der Waals surface area contributed by atoms with Crippen molar-refractivity contribution in [1.29, 1.82) is 0 Å². The first kappa shape index (κ1) is 15.0. The summed E-state index contributed by atoms with van der Waals surface area (Å²) >= 11 is 3.27. The smallest absolute Gasteiger partial charge is 0.317 e. The summed E-state index contributed by atoms with van der Waals surface area (Å²) in [5, 5.41) is 2.95. The zero-order valence-corrected chi connectivity index (χ0v) is 13.5. The van der Waals surface area contributed by atoms with Crippen molar-refractivity contribution in [3.05, 3.63) is 16.9 Å². The Hall–Kier alpha value is -1.37. The number of aromatic nitrogens is 2. The highest BCUT2D eigenvalue weighted by atomic mass is 79.9. The molecule has 1 aromatic rings. The Morgan fingerprint density at radius 2 is 2.10 bits per heavy atom. The number of carbonyl (C=O) groups is 1. The van der Waals surface area contributed by atoms with Gasteiger partial charge in [0.2, 0.25) is 0 Å². The average Bonchev–Trinajstić information content (AvgIpc) is 2.79. The standard InChI is InChI=1S/C13H19BrN4O2/c1-13(2,3)17-12(19)18-5-4-10(8-18)20-11-15-6-9(14)7-16-11/h6-7,10H,4-5,8H2,1-3H3,(H,17,19). The molecule has 1 aromatic heterocycles. The van der Waals surface area contributed by atoms with Crippen LogP contribution in [0, 0.1) is 0 Å². The molecular weight excluding hydrogens is 324 g/mol. The molecule has 1 unspecified atom stereocenters. The Bertz CT molecular complexity index is 472. The van der Waals surface area contributed by atoms with Crippen molar-refractivity contribution in [3.63, 3.8) is 0 Å². The molecule has 0 aromatic carbocycles. The van der Waals surface area contributed by atoms with Gasteiger partial charge >= 0.3 is 12.0 Å². The molecule has 1 aliphatic heterocycles. The molecule has 0 radical (unpaired) electrons. The van der Waals surface area contributed by atoms with Crippen LogP contribution in [0.2, 0.25) is 0 Å². The number of ether oxygens (including phenoxy) is 1. The zero-order valence-electron chi connectivity index (χ0n) is 11.9. The number of hydrogen-bond donors (Lipinski definition) is 1. The topological polar surface area (TPSA) is 67.4 Å². The highest BCUT2D eigenvalue weighted by molar-refractivity contribution is 9.10. The van der Waals surface area contributed by atoms with Crippen molar-refractivity contribution in [1.82, 2.24) is 20.2 Å². The van der Waals surface area contributed by atoms with Gasteiger partial charge < -0.3 is 15.0 Å². The van der Waals surface area contributed by atoms with Gasteiger partial charge in [0.25, 0.3) is 0 Å². The summed E-state index contributed by atoms with van der Waals surface area (Å²) in [6.45, 7) is 7.13. The lowest BCUT2D eigenvalue weighted by Gasteiger charge is -2.25. The third-order valence-corrected chi connectivity index (χ3v) is 3.19. The van der Waals surface area contributed by atoms with E-state index in [9.17, 15) is 4.79 Å². The maximum absolute atomic E-state index is 12.0. The molecule has 1 atom stereocenters. The fraction of sp³-hybridized carbons (Fsp3) is 0.615. The van der Waals surface area contributed by atoms with Gasteiger partial charge in [-0.3, -0.25) is 0 Å². The Kier molecular flexibility index (Phi) is 4.47. The molecule has 0 aliphatic carbocycles. The lowest BCUT2D eigenvalue weighted by atomic mass is 10.1. The summed E-state index contributed by atoms with van der Waals surface area (Å²) in [7, 11) is 0. The van der Waals surface area contributed by atoms with E-state index in [1.807, 2.05) is 20.8 Å². The number of hydrogen-bond acceptors (Lipinski definition) is 4. The van der Waals surface area contributed by atoms with Crippen LogP contribution in [0.1, 0.15) is 27.2 Å². The SMILES string of the molecule is CC(C)(C)NC(=O)N1CCC(Oc2ncc(Br)cn2)C1. The van der Waals surface area contributed by atoms with Crippen LogP contribution >= 0.6 is 15.9 Å². The van der Waals surface area contributed by atoms with E-state index < -0.39 is 0 Å². The Morgan fingerprint density at radius 1 is 1.45 bits per heavy atom. The second-order valence-corrected chi connectivity index (χ2v) is 6.75. The van der Waals surface area contributed by atoms with Crippen LogP contribution in [0.3, 0.4) is 0 Å². The number of nitrogens with one attached hydrogen (secondary N) is 1. The van der Waals surface area contributed by atoms with Crippen LogP contribution in [-0.4, -0.2) is 45.6 Å². The molecule has 0 saturated carbocycles. The highest BCUT2D eigenvalue weighted by Crippen LogP contribution is 2.16. The molecule has 20 heavy (non-hydrogen) atoms. The lowest BCUT2D eigenvalue weighted by molar-refractivity contribution is 0.174. The van der Waals surface area contributed by atoms with Gasteiger partial charge in [-0.1, -0.05) is 0 Å². The minimum absolute atomic E-state index is 0.0538. The number of urea groups is 1. The predicted molar refractivity (Wildman–Crippen MR) is 78.6 cm³/mol. The molecule has 110 valence electrons. The van der Waals surface area contributed by atoms with Crippen molar-refractivity contribution in [2.75, 3.05) is 13.1 Å². The second kappa shape index (κ2) is 5.95. The van der Waals surface area contributed by atoms with Crippen molar-refractivity contribution >= 4 is 22.0 Å². The zero-order chi connectivity index (χ0) is 14.8. The molecule has 2 amide bonds. The normalized spacial score (nSPS) is 19.0. The van der Waals surface area contributed by atoms with Crippen LogP contribution in [0.4, 0.5) is 4.79 Å². The van der Waals surface area contributed by atoms with Gasteiger partial charge in [-0.2, -0.15) is 0 Å². The number of carbonyl (C=O) groups excluding carboxylic acids is 1. The van der Waals surface area contributed by atoms with E-state index in [1.165, 1.54) is 0 Å². The van der Waals surface area contributed by atoms with Crippen molar-refractivity contribution in [3.8, 4) is 6.01 Å². The molecule has 7 heteroatoms. The second-order valence-electron chi connectivity index (χ2n) is 5.84. The molecule has 2 rings (SSSR count). The monoisotopic (exact) mass is 342 g/mol. The Morgan fingerprint density at radius 3 is 2.70 bits per heavy atom. The van der Waals surface area contributed by atoms with E-state index in [0.29, 0.717) is 19.1 Å². The Labute approximate surface area is 127 Å². The van der Waals surface area contributed by atoms with E-state index in [2.05, 4.69) is 31.2 Å². The van der Waals surface area contributed by atoms with Crippen molar-refractivity contribution in [2.24, 2.45) is 0 Å². The van der Waals surface area contributed by atoms with E-state index in [1.54, 1.807) is 17.3 Å².